The lowest BCUT2D eigenvalue weighted by atomic mass is 10.2. The van der Waals surface area contributed by atoms with Gasteiger partial charge in [-0.05, 0) is 0 Å². The van der Waals surface area contributed by atoms with Gasteiger partial charge in [-0.3, -0.25) is 0 Å². The molecule has 0 aromatic rings. The summed E-state index contributed by atoms with van der Waals surface area (Å²) in [6.07, 6.45) is 0.830. The quantitative estimate of drug-likeness (QED) is 0.569. The minimum Gasteiger partial charge on any atom is -0.324 e. The second kappa shape index (κ2) is 4.04. The van der Waals surface area contributed by atoms with Gasteiger partial charge in [0.05, 0.1) is 33.3 Å². The molecule has 0 atom stereocenters. The zero-order chi connectivity index (χ0) is 8.16. The highest BCUT2D eigenvalue weighted by Gasteiger charge is 2.23. The summed E-state index contributed by atoms with van der Waals surface area (Å²) in [5.74, 6) is 0. The number of likely N-dealkylation sites (N-methyl/N-ethyl adjacent to an activating group) is 1. The molecule has 1 radical (unpaired) electrons. The number of hydrogen-bond donors (Lipinski definition) is 1. The van der Waals surface area contributed by atoms with E-state index in [1.165, 1.54) is 13.1 Å². The van der Waals surface area contributed by atoms with Crippen LogP contribution in [0.25, 0.3) is 0 Å². The smallest absolute Gasteiger partial charge is 0.0911 e. The van der Waals surface area contributed by atoms with Crippen molar-refractivity contribution in [1.82, 2.24) is 5.32 Å². The summed E-state index contributed by atoms with van der Waals surface area (Å²) in [6, 6.07) is 0. The Labute approximate surface area is 68.6 Å². The summed E-state index contributed by atoms with van der Waals surface area (Å²) in [5.41, 5.74) is 0. The summed E-state index contributed by atoms with van der Waals surface area (Å²) in [7, 11) is 2.25. The van der Waals surface area contributed by atoms with E-state index in [2.05, 4.69) is 12.4 Å². The van der Waals surface area contributed by atoms with Crippen LogP contribution in [0.4, 0.5) is 0 Å². The van der Waals surface area contributed by atoms with Gasteiger partial charge in [0.2, 0.25) is 0 Å². The number of piperazine rings is 1. The molecule has 0 aromatic carbocycles. The van der Waals surface area contributed by atoms with E-state index >= 15 is 0 Å². The van der Waals surface area contributed by atoms with Gasteiger partial charge in [0.15, 0.2) is 0 Å². The Hall–Kier alpha value is -0.120. The topological polar surface area (TPSA) is 31.9 Å². The van der Waals surface area contributed by atoms with E-state index in [9.17, 15) is 5.11 Å². The Balaban J connectivity index is 2.25. The van der Waals surface area contributed by atoms with E-state index in [0.717, 1.165) is 30.5 Å². The van der Waals surface area contributed by atoms with Crippen LogP contribution < -0.4 is 5.32 Å². The van der Waals surface area contributed by atoms with Crippen molar-refractivity contribution in [3.05, 3.63) is 0 Å². The fraction of sp³-hybridized carbons (Fsp3) is 1.00. The molecule has 1 aliphatic rings. The molecule has 11 heavy (non-hydrogen) atoms. The number of nitrogens with zero attached hydrogens (tertiary/aromatic N) is 1. The first-order valence-electron chi connectivity index (χ1n) is 4.39. The molecule has 0 amide bonds. The van der Waals surface area contributed by atoms with E-state index in [4.69, 9.17) is 0 Å². The Morgan fingerprint density at radius 2 is 2.00 bits per heavy atom. The van der Waals surface area contributed by atoms with Gasteiger partial charge in [0.25, 0.3) is 0 Å². The van der Waals surface area contributed by atoms with E-state index in [-0.39, 0.29) is 6.61 Å². The van der Waals surface area contributed by atoms with Crippen LogP contribution in [0, 0.1) is 0 Å². The molecule has 1 saturated heterocycles. The number of nitrogens with one attached hydrogen (secondary N) is 1. The van der Waals surface area contributed by atoms with E-state index in [1.54, 1.807) is 0 Å². The van der Waals surface area contributed by atoms with E-state index in [0.29, 0.717) is 0 Å². The van der Waals surface area contributed by atoms with Crippen molar-refractivity contribution < 1.29 is 9.59 Å². The van der Waals surface area contributed by atoms with Crippen LogP contribution >= 0.6 is 0 Å². The maximum Gasteiger partial charge on any atom is 0.0911 e. The van der Waals surface area contributed by atoms with Gasteiger partial charge in [-0.1, -0.05) is 0 Å². The van der Waals surface area contributed by atoms with Gasteiger partial charge in [0.1, 0.15) is 0 Å². The number of quaternary nitrogens is 1. The largest absolute Gasteiger partial charge is 0.324 e. The second-order valence-corrected chi connectivity index (χ2v) is 3.60. The molecule has 1 aliphatic heterocycles. The second-order valence-electron chi connectivity index (χ2n) is 3.60. The van der Waals surface area contributed by atoms with Gasteiger partial charge in [0, 0.05) is 19.5 Å². The van der Waals surface area contributed by atoms with Crippen molar-refractivity contribution in [3.63, 3.8) is 0 Å². The predicted molar refractivity (Wildman–Crippen MR) is 43.8 cm³/mol. The highest BCUT2D eigenvalue weighted by atomic mass is 16.3. The Bertz CT molecular complexity index is 111. The number of rotatable bonds is 3. The third-order valence-corrected chi connectivity index (χ3v) is 2.50. The molecule has 1 N–H and O–H groups in total. The summed E-state index contributed by atoms with van der Waals surface area (Å²) in [4.78, 5) is 0. The highest BCUT2D eigenvalue weighted by molar-refractivity contribution is 4.54. The minimum absolute atomic E-state index is 0.0846. The zero-order valence-corrected chi connectivity index (χ0v) is 7.31. The third-order valence-electron chi connectivity index (χ3n) is 2.50. The first-order chi connectivity index (χ1) is 5.27. The fourth-order valence-electron chi connectivity index (χ4n) is 1.60. The van der Waals surface area contributed by atoms with E-state index in [1.807, 2.05) is 0 Å². The minimum atomic E-state index is 0.0846. The average Bonchev–Trinajstić information content (AvgIpc) is 2.03. The average molecular weight is 158 g/mol. The highest BCUT2D eigenvalue weighted by Crippen LogP contribution is 2.05. The first kappa shape index (κ1) is 8.97. The third kappa shape index (κ3) is 2.77. The van der Waals surface area contributed by atoms with Gasteiger partial charge < -0.3 is 9.80 Å². The summed E-state index contributed by atoms with van der Waals surface area (Å²) in [6.45, 7) is 5.72. The van der Waals surface area contributed by atoms with Crippen molar-refractivity contribution in [2.75, 3.05) is 46.4 Å². The molecule has 0 aromatic heterocycles. The predicted octanol–water partition coefficient (Wildman–Crippen LogP) is -0.143. The summed E-state index contributed by atoms with van der Waals surface area (Å²) < 4.78 is 1.09. The molecule has 0 aliphatic carbocycles. The molecule has 1 heterocycles. The van der Waals surface area contributed by atoms with Crippen LogP contribution in [0.1, 0.15) is 6.42 Å². The molecule has 0 spiro atoms. The Morgan fingerprint density at radius 1 is 1.36 bits per heavy atom. The van der Waals surface area contributed by atoms with Crippen molar-refractivity contribution in [3.8, 4) is 0 Å². The first-order valence-corrected chi connectivity index (χ1v) is 4.39. The molecule has 0 bridgehead atoms. The van der Waals surface area contributed by atoms with Crippen LogP contribution in [0.15, 0.2) is 0 Å². The van der Waals surface area contributed by atoms with Gasteiger partial charge >= 0.3 is 0 Å². The van der Waals surface area contributed by atoms with Crippen LogP contribution in [0.2, 0.25) is 0 Å². The number of hydrogen-bond acceptors (Lipinski definition) is 1. The molecule has 1 fully saturated rings. The molecule has 3 heteroatoms. The molecular formula is C8H18N2O+. The molecule has 3 nitrogen and oxygen atoms in total. The van der Waals surface area contributed by atoms with Gasteiger partial charge in [-0.25, -0.2) is 5.11 Å². The standard InChI is InChI=1S/C8H18N2O/c1-10(5-2-8-11)6-3-9-4-7-10/h9H,2-8H2,1H3/q+1. The van der Waals surface area contributed by atoms with E-state index < -0.39 is 0 Å². The monoisotopic (exact) mass is 158 g/mol. The fourth-order valence-corrected chi connectivity index (χ4v) is 1.60. The van der Waals surface area contributed by atoms with Crippen molar-refractivity contribution >= 4 is 0 Å². The van der Waals surface area contributed by atoms with Crippen LogP contribution in [-0.2, 0) is 5.11 Å². The maximum atomic E-state index is 10.3. The van der Waals surface area contributed by atoms with Crippen LogP contribution in [-0.4, -0.2) is 50.9 Å². The molecular weight excluding hydrogens is 140 g/mol. The Morgan fingerprint density at radius 3 is 2.55 bits per heavy atom. The van der Waals surface area contributed by atoms with Crippen LogP contribution in [0.5, 0.6) is 0 Å². The molecule has 1 rings (SSSR count). The van der Waals surface area contributed by atoms with Crippen molar-refractivity contribution in [2.24, 2.45) is 0 Å². The lowest BCUT2D eigenvalue weighted by molar-refractivity contribution is -0.911. The lowest BCUT2D eigenvalue weighted by Gasteiger charge is -2.37. The van der Waals surface area contributed by atoms with Crippen molar-refractivity contribution in [1.29, 1.82) is 0 Å². The molecule has 0 saturated carbocycles. The molecule has 0 unspecified atom stereocenters. The SMILES string of the molecule is C[N+]1(CCC[O])CCNCC1. The van der Waals surface area contributed by atoms with Crippen LogP contribution in [0.3, 0.4) is 0 Å². The van der Waals surface area contributed by atoms with Crippen molar-refractivity contribution in [2.45, 2.75) is 6.42 Å². The molecule has 65 valence electrons. The van der Waals surface area contributed by atoms with Gasteiger partial charge in [-0.15, -0.1) is 0 Å². The zero-order valence-electron chi connectivity index (χ0n) is 7.31. The summed E-state index contributed by atoms with van der Waals surface area (Å²) in [5, 5.41) is 13.6. The van der Waals surface area contributed by atoms with Gasteiger partial charge in [-0.2, -0.15) is 0 Å². The lowest BCUT2D eigenvalue weighted by Crippen LogP contribution is -2.56. The maximum absolute atomic E-state index is 10.3. The Kier molecular flexibility index (Phi) is 3.30. The summed E-state index contributed by atoms with van der Waals surface area (Å²) >= 11 is 0. The normalized spacial score (nSPS) is 23.5.